The van der Waals surface area contributed by atoms with Gasteiger partial charge in [0, 0.05) is 18.6 Å². The summed E-state index contributed by atoms with van der Waals surface area (Å²) < 4.78 is 5.46. The monoisotopic (exact) mass is 173 g/mol. The van der Waals surface area contributed by atoms with E-state index in [1.54, 1.807) is 0 Å². The Morgan fingerprint density at radius 1 is 1.25 bits per heavy atom. The fourth-order valence-electron chi connectivity index (χ4n) is 1.37. The van der Waals surface area contributed by atoms with Crippen LogP contribution in [-0.4, -0.2) is 38.8 Å². The van der Waals surface area contributed by atoms with Gasteiger partial charge in [-0.15, -0.1) is 0 Å². The van der Waals surface area contributed by atoms with Crippen LogP contribution in [0.4, 0.5) is 0 Å². The van der Waals surface area contributed by atoms with Gasteiger partial charge in [-0.1, -0.05) is 13.8 Å². The first-order valence-electron chi connectivity index (χ1n) is 4.76. The zero-order chi connectivity index (χ0) is 9.61. The Kier molecular flexibility index (Phi) is 5.51. The molecule has 0 N–H and O–H groups in total. The van der Waals surface area contributed by atoms with Crippen molar-refractivity contribution in [3.63, 3.8) is 0 Å². The zero-order valence-electron chi connectivity index (χ0n) is 9.18. The largest absolute Gasteiger partial charge is 0.381 e. The minimum atomic E-state index is 0.319. The molecule has 0 bridgehead atoms. The summed E-state index contributed by atoms with van der Waals surface area (Å²) in [6.07, 6.45) is 1.17. The van der Waals surface area contributed by atoms with E-state index in [4.69, 9.17) is 4.74 Å². The number of rotatable bonds is 6. The normalized spacial score (nSPS) is 16.5. The second-order valence-electron chi connectivity index (χ2n) is 4.04. The molecule has 0 aliphatic heterocycles. The summed E-state index contributed by atoms with van der Waals surface area (Å²) in [5.74, 6) is 0. The molecule has 0 aliphatic rings. The minimum Gasteiger partial charge on any atom is -0.381 e. The van der Waals surface area contributed by atoms with Gasteiger partial charge in [0.1, 0.15) is 0 Å². The van der Waals surface area contributed by atoms with Crippen molar-refractivity contribution in [1.29, 1.82) is 0 Å². The third-order valence-electron chi connectivity index (χ3n) is 2.21. The van der Waals surface area contributed by atoms with E-state index < -0.39 is 0 Å². The molecule has 74 valence electrons. The van der Waals surface area contributed by atoms with E-state index in [1.807, 2.05) is 6.92 Å². The molecule has 0 aliphatic carbocycles. The number of hydrogen-bond acceptors (Lipinski definition) is 2. The van der Waals surface area contributed by atoms with E-state index in [2.05, 4.69) is 32.8 Å². The maximum Gasteiger partial charge on any atom is 0.0531 e. The van der Waals surface area contributed by atoms with Gasteiger partial charge in [-0.25, -0.2) is 0 Å². The second kappa shape index (κ2) is 5.55. The predicted octanol–water partition coefficient (Wildman–Crippen LogP) is 2.00. The predicted molar refractivity (Wildman–Crippen MR) is 53.4 cm³/mol. The van der Waals surface area contributed by atoms with Crippen molar-refractivity contribution in [1.82, 2.24) is 4.90 Å². The lowest BCUT2D eigenvalue weighted by atomic mass is 9.88. The van der Waals surface area contributed by atoms with E-state index in [1.165, 1.54) is 6.42 Å². The lowest BCUT2D eigenvalue weighted by Crippen LogP contribution is -2.34. The summed E-state index contributed by atoms with van der Waals surface area (Å²) in [6.45, 7) is 9.35. The van der Waals surface area contributed by atoms with Crippen molar-refractivity contribution >= 4 is 0 Å². The van der Waals surface area contributed by atoms with Crippen LogP contribution in [0.2, 0.25) is 0 Å². The van der Waals surface area contributed by atoms with Crippen molar-refractivity contribution in [3.8, 4) is 0 Å². The Balaban J connectivity index is 3.86. The maximum atomic E-state index is 5.46. The van der Waals surface area contributed by atoms with Gasteiger partial charge in [0.05, 0.1) is 6.61 Å². The smallest absolute Gasteiger partial charge is 0.0531 e. The summed E-state index contributed by atoms with van der Waals surface area (Å²) in [6, 6.07) is 0. The van der Waals surface area contributed by atoms with E-state index >= 15 is 0 Å². The Morgan fingerprint density at radius 3 is 2.17 bits per heavy atom. The number of nitrogens with zero attached hydrogens (tertiary/aromatic N) is 1. The molecule has 0 aromatic heterocycles. The first-order valence-corrected chi connectivity index (χ1v) is 4.76. The quantitative estimate of drug-likeness (QED) is 0.609. The fourth-order valence-corrected chi connectivity index (χ4v) is 1.37. The van der Waals surface area contributed by atoms with E-state index in [0.717, 1.165) is 19.8 Å². The minimum absolute atomic E-state index is 0.319. The molecule has 1 atom stereocenters. The highest BCUT2D eigenvalue weighted by atomic mass is 16.5. The third kappa shape index (κ3) is 4.73. The first kappa shape index (κ1) is 11.9. The standard InChI is InChI=1S/C10H23NO/c1-6-10(3,8-11(4)5)9-12-7-2/h6-9H2,1-5H3. The Hall–Kier alpha value is -0.0800. The van der Waals surface area contributed by atoms with Gasteiger partial charge >= 0.3 is 0 Å². The molecule has 0 saturated carbocycles. The average molecular weight is 173 g/mol. The van der Waals surface area contributed by atoms with Gasteiger partial charge < -0.3 is 9.64 Å². The van der Waals surface area contributed by atoms with Crippen LogP contribution in [-0.2, 0) is 4.74 Å². The van der Waals surface area contributed by atoms with Gasteiger partial charge in [0.15, 0.2) is 0 Å². The fraction of sp³-hybridized carbons (Fsp3) is 1.00. The molecule has 0 spiro atoms. The molecule has 0 heterocycles. The molecule has 2 nitrogen and oxygen atoms in total. The highest BCUT2D eigenvalue weighted by Gasteiger charge is 2.22. The van der Waals surface area contributed by atoms with Gasteiger partial charge in [0.2, 0.25) is 0 Å². The molecular weight excluding hydrogens is 150 g/mol. The lowest BCUT2D eigenvalue weighted by molar-refractivity contribution is 0.0424. The van der Waals surface area contributed by atoms with Gasteiger partial charge in [-0.05, 0) is 27.4 Å². The van der Waals surface area contributed by atoms with Crippen LogP contribution < -0.4 is 0 Å². The Labute approximate surface area is 76.9 Å². The molecule has 0 fully saturated rings. The highest BCUT2D eigenvalue weighted by molar-refractivity contribution is 4.74. The molecule has 0 amide bonds. The van der Waals surface area contributed by atoms with E-state index in [-0.39, 0.29) is 0 Å². The van der Waals surface area contributed by atoms with Crippen molar-refractivity contribution in [3.05, 3.63) is 0 Å². The van der Waals surface area contributed by atoms with Crippen LogP contribution in [0.1, 0.15) is 27.2 Å². The van der Waals surface area contributed by atoms with Crippen LogP contribution in [0, 0.1) is 5.41 Å². The zero-order valence-corrected chi connectivity index (χ0v) is 9.18. The topological polar surface area (TPSA) is 12.5 Å². The summed E-state index contributed by atoms with van der Waals surface area (Å²) in [5.41, 5.74) is 0.319. The van der Waals surface area contributed by atoms with Crippen LogP contribution >= 0.6 is 0 Å². The summed E-state index contributed by atoms with van der Waals surface area (Å²) in [4.78, 5) is 2.22. The summed E-state index contributed by atoms with van der Waals surface area (Å²) in [7, 11) is 4.22. The first-order chi connectivity index (χ1) is 5.54. The molecule has 1 unspecified atom stereocenters. The van der Waals surface area contributed by atoms with Gasteiger partial charge in [0.25, 0.3) is 0 Å². The van der Waals surface area contributed by atoms with Gasteiger partial charge in [-0.2, -0.15) is 0 Å². The molecule has 12 heavy (non-hydrogen) atoms. The Bertz CT molecular complexity index is 114. The molecule has 0 aromatic carbocycles. The number of hydrogen-bond donors (Lipinski definition) is 0. The van der Waals surface area contributed by atoms with Crippen LogP contribution in [0.15, 0.2) is 0 Å². The van der Waals surface area contributed by atoms with Crippen molar-refractivity contribution < 1.29 is 4.74 Å². The van der Waals surface area contributed by atoms with Crippen LogP contribution in [0.25, 0.3) is 0 Å². The molecule has 2 heteroatoms. The molecule has 0 aromatic rings. The third-order valence-corrected chi connectivity index (χ3v) is 2.21. The lowest BCUT2D eigenvalue weighted by Gasteiger charge is -2.30. The molecule has 0 saturated heterocycles. The number of ether oxygens (including phenoxy) is 1. The van der Waals surface area contributed by atoms with Crippen molar-refractivity contribution in [2.24, 2.45) is 5.41 Å². The van der Waals surface area contributed by atoms with Crippen LogP contribution in [0.3, 0.4) is 0 Å². The van der Waals surface area contributed by atoms with E-state index in [9.17, 15) is 0 Å². The highest BCUT2D eigenvalue weighted by Crippen LogP contribution is 2.21. The summed E-state index contributed by atoms with van der Waals surface area (Å²) >= 11 is 0. The molecular formula is C10H23NO. The second-order valence-corrected chi connectivity index (χ2v) is 4.04. The van der Waals surface area contributed by atoms with Gasteiger partial charge in [-0.3, -0.25) is 0 Å². The Morgan fingerprint density at radius 2 is 1.83 bits per heavy atom. The maximum absolute atomic E-state index is 5.46. The average Bonchev–Trinajstić information content (AvgIpc) is 2.00. The van der Waals surface area contributed by atoms with E-state index in [0.29, 0.717) is 5.41 Å². The molecule has 0 rings (SSSR count). The molecule has 0 radical (unpaired) electrons. The summed E-state index contributed by atoms with van der Waals surface area (Å²) in [5, 5.41) is 0. The van der Waals surface area contributed by atoms with Crippen LogP contribution in [0.5, 0.6) is 0 Å². The van der Waals surface area contributed by atoms with Crippen molar-refractivity contribution in [2.45, 2.75) is 27.2 Å². The SMILES string of the molecule is CCOCC(C)(CC)CN(C)C. The van der Waals surface area contributed by atoms with Crippen molar-refractivity contribution in [2.75, 3.05) is 33.9 Å².